The van der Waals surface area contributed by atoms with Crippen molar-refractivity contribution in [2.75, 3.05) is 49.1 Å². The molecule has 3 aromatic carbocycles. The number of carbonyl (C=O) groups excluding carboxylic acids is 6. The van der Waals surface area contributed by atoms with Gasteiger partial charge in [0.25, 0.3) is 17.7 Å². The monoisotopic (exact) mass is 829 g/mol. The highest BCUT2D eigenvalue weighted by Crippen LogP contribution is 2.53. The molecule has 1 N–H and O–H groups in total. The molecule has 6 amide bonds. The van der Waals surface area contributed by atoms with Gasteiger partial charge in [-0.1, -0.05) is 11.6 Å². The topological polar surface area (TPSA) is 164 Å². The van der Waals surface area contributed by atoms with Gasteiger partial charge < -0.3 is 24.3 Å². The number of rotatable bonds is 7. The van der Waals surface area contributed by atoms with Crippen LogP contribution in [-0.4, -0.2) is 114 Å². The highest BCUT2D eigenvalue weighted by Gasteiger charge is 2.55. The molecule has 6 aliphatic heterocycles. The summed E-state index contributed by atoms with van der Waals surface area (Å²) in [7, 11) is 0. The molecular formula is C45H44ClN7O7. The van der Waals surface area contributed by atoms with Gasteiger partial charge >= 0.3 is 0 Å². The number of amides is 6. The molecular weight excluding hydrogens is 786 g/mol. The Morgan fingerprint density at radius 1 is 0.800 bits per heavy atom. The third-order valence-corrected chi connectivity index (χ3v) is 14.2. The number of anilines is 2. The number of hydrogen-bond donors (Lipinski definition) is 1. The number of halogens is 1. The normalized spacial score (nSPS) is 25.8. The van der Waals surface area contributed by atoms with Crippen LogP contribution in [0, 0.1) is 22.7 Å². The Balaban J connectivity index is 0.681. The van der Waals surface area contributed by atoms with Crippen molar-refractivity contribution >= 4 is 58.4 Å². The number of benzene rings is 3. The van der Waals surface area contributed by atoms with Crippen molar-refractivity contribution in [3.63, 3.8) is 0 Å². The van der Waals surface area contributed by atoms with Crippen LogP contribution < -0.4 is 19.9 Å². The first-order chi connectivity index (χ1) is 29.0. The molecule has 1 spiro atoms. The second-order valence-electron chi connectivity index (χ2n) is 17.6. The quantitative estimate of drug-likeness (QED) is 0.338. The van der Waals surface area contributed by atoms with E-state index < -0.39 is 29.7 Å². The Bertz CT molecular complexity index is 2360. The number of piperazine rings is 1. The Kier molecular flexibility index (Phi) is 9.35. The molecule has 60 heavy (non-hydrogen) atoms. The lowest BCUT2D eigenvalue weighted by Crippen LogP contribution is -2.65. The standard InChI is InChI=1S/C45H44ClN7O7/c46-37-20-33(9-3-27(37)23-47)60-34-17-31-6-7-32(18-34)52(31)42(57)26-1-4-29(5-2-26)49-13-15-50(16-14-49)41(56)28-21-45(22-28)24-51(25-45)30-8-10-35-36(19-30)44(59)53(43(35)58)38-11-12-39(54)48-40(38)55/h1-5,8-10,19-20,28,31-32,34,38H,6-7,11-18,21-22,24-25H2,(H,48,54,55). The molecule has 1 saturated carbocycles. The van der Waals surface area contributed by atoms with Crippen LogP contribution in [0.5, 0.6) is 5.75 Å². The van der Waals surface area contributed by atoms with Gasteiger partial charge in [-0.2, -0.15) is 5.26 Å². The van der Waals surface area contributed by atoms with Crippen LogP contribution in [-0.2, 0) is 14.4 Å². The van der Waals surface area contributed by atoms with E-state index in [9.17, 15) is 34.0 Å². The average Bonchev–Trinajstić information content (AvgIpc) is 3.63. The maximum absolute atomic E-state index is 13.8. The number of imide groups is 2. The lowest BCUT2D eigenvalue weighted by atomic mass is 9.57. The molecule has 14 nitrogen and oxygen atoms in total. The summed E-state index contributed by atoms with van der Waals surface area (Å²) in [6, 6.07) is 19.5. The highest BCUT2D eigenvalue weighted by molar-refractivity contribution is 6.31. The lowest BCUT2D eigenvalue weighted by molar-refractivity contribution is -0.145. The van der Waals surface area contributed by atoms with Gasteiger partial charge in [-0.25, -0.2) is 0 Å². The molecule has 3 unspecified atom stereocenters. The molecule has 2 bridgehead atoms. The maximum Gasteiger partial charge on any atom is 0.262 e. The number of nitriles is 1. The minimum Gasteiger partial charge on any atom is -0.490 e. The summed E-state index contributed by atoms with van der Waals surface area (Å²) in [5.74, 6) is -1.17. The number of nitrogens with zero attached hydrogens (tertiary/aromatic N) is 6. The Labute approximate surface area is 351 Å². The van der Waals surface area contributed by atoms with Crippen molar-refractivity contribution in [1.82, 2.24) is 20.0 Å². The zero-order valence-corrected chi connectivity index (χ0v) is 33.7. The van der Waals surface area contributed by atoms with E-state index in [1.165, 1.54) is 0 Å². The molecule has 3 atom stereocenters. The summed E-state index contributed by atoms with van der Waals surface area (Å²) in [5.41, 5.74) is 3.55. The Morgan fingerprint density at radius 2 is 1.48 bits per heavy atom. The van der Waals surface area contributed by atoms with Crippen molar-refractivity contribution in [3.05, 3.63) is 87.9 Å². The fourth-order valence-electron chi connectivity index (χ4n) is 10.8. The van der Waals surface area contributed by atoms with E-state index in [1.807, 2.05) is 35.2 Å². The molecule has 1 aliphatic carbocycles. The van der Waals surface area contributed by atoms with Crippen LogP contribution in [0.2, 0.25) is 5.02 Å². The molecule has 10 rings (SSSR count). The number of hydrogen-bond acceptors (Lipinski definition) is 10. The van der Waals surface area contributed by atoms with Crippen LogP contribution in [0.1, 0.15) is 88.0 Å². The fraction of sp³-hybridized carbons (Fsp3) is 0.444. The van der Waals surface area contributed by atoms with Crippen LogP contribution in [0.4, 0.5) is 11.4 Å². The van der Waals surface area contributed by atoms with Crippen molar-refractivity contribution in [2.24, 2.45) is 11.3 Å². The predicted molar refractivity (Wildman–Crippen MR) is 219 cm³/mol. The van der Waals surface area contributed by atoms with E-state index in [4.69, 9.17) is 16.3 Å². The van der Waals surface area contributed by atoms with E-state index in [1.54, 1.807) is 30.3 Å². The first-order valence-electron chi connectivity index (χ1n) is 20.9. The Hall–Kier alpha value is -5.94. The van der Waals surface area contributed by atoms with Gasteiger partial charge in [0.15, 0.2) is 0 Å². The number of carbonyl (C=O) groups is 6. The smallest absolute Gasteiger partial charge is 0.262 e. The largest absolute Gasteiger partial charge is 0.490 e. The predicted octanol–water partition coefficient (Wildman–Crippen LogP) is 4.39. The van der Waals surface area contributed by atoms with Crippen LogP contribution in [0.25, 0.3) is 0 Å². The van der Waals surface area contributed by atoms with E-state index in [-0.39, 0.29) is 65.3 Å². The third-order valence-electron chi connectivity index (χ3n) is 13.9. The summed E-state index contributed by atoms with van der Waals surface area (Å²) in [6.07, 6.45) is 5.21. The van der Waals surface area contributed by atoms with Gasteiger partial charge in [-0.15, -0.1) is 0 Å². The van der Waals surface area contributed by atoms with Crippen molar-refractivity contribution in [3.8, 4) is 11.8 Å². The van der Waals surface area contributed by atoms with Crippen LogP contribution in [0.15, 0.2) is 60.7 Å². The first-order valence-corrected chi connectivity index (χ1v) is 21.3. The number of fused-ring (bicyclic) bond motifs is 3. The molecule has 0 aromatic heterocycles. The SMILES string of the molecule is N#Cc1ccc(OC2CC3CCC(C2)N3C(=O)c2ccc(N3CCN(C(=O)C4CC5(C4)CN(c4ccc6c(c4)C(=O)N(C4CCC(=O)NC4=O)C6=O)C5)CC3)cc2)cc1Cl. The van der Waals surface area contributed by atoms with Gasteiger partial charge in [-0.05, 0) is 86.7 Å². The van der Waals surface area contributed by atoms with Crippen molar-refractivity contribution in [2.45, 2.75) is 75.6 Å². The molecule has 0 radical (unpaired) electrons. The minimum atomic E-state index is -0.996. The fourth-order valence-corrected chi connectivity index (χ4v) is 11.0. The van der Waals surface area contributed by atoms with Crippen LogP contribution in [0.3, 0.4) is 0 Å². The maximum atomic E-state index is 13.8. The van der Waals surface area contributed by atoms with Crippen molar-refractivity contribution in [1.29, 1.82) is 5.26 Å². The minimum absolute atomic E-state index is 0.00770. The zero-order chi connectivity index (χ0) is 41.4. The first kappa shape index (κ1) is 38.3. The summed E-state index contributed by atoms with van der Waals surface area (Å²) in [5, 5.41) is 11.8. The highest BCUT2D eigenvalue weighted by atomic mass is 35.5. The van der Waals surface area contributed by atoms with Crippen molar-refractivity contribution < 1.29 is 33.5 Å². The third kappa shape index (κ3) is 6.54. The summed E-state index contributed by atoms with van der Waals surface area (Å²) in [6.45, 7) is 4.25. The molecule has 7 aliphatic rings. The lowest BCUT2D eigenvalue weighted by Gasteiger charge is -2.60. The van der Waals surface area contributed by atoms with Gasteiger partial charge in [0.2, 0.25) is 17.7 Å². The van der Waals surface area contributed by atoms with Crippen LogP contribution >= 0.6 is 11.6 Å². The summed E-state index contributed by atoms with van der Waals surface area (Å²) >= 11 is 6.22. The van der Waals surface area contributed by atoms with E-state index in [2.05, 4.69) is 26.1 Å². The number of ether oxygens (including phenoxy) is 1. The van der Waals surface area contributed by atoms with Gasteiger partial charge in [0.05, 0.1) is 21.7 Å². The second-order valence-corrected chi connectivity index (χ2v) is 18.0. The van der Waals surface area contributed by atoms with Gasteiger partial charge in [0, 0.05) is 105 Å². The zero-order valence-electron chi connectivity index (χ0n) is 33.0. The summed E-state index contributed by atoms with van der Waals surface area (Å²) in [4.78, 5) is 87.3. The van der Waals surface area contributed by atoms with E-state index in [0.717, 1.165) is 67.9 Å². The van der Waals surface area contributed by atoms with Gasteiger partial charge in [0.1, 0.15) is 24.0 Å². The molecule has 6 heterocycles. The number of nitrogens with one attached hydrogen (secondary N) is 1. The average molecular weight is 830 g/mol. The molecule has 5 saturated heterocycles. The second kappa shape index (κ2) is 14.7. The van der Waals surface area contributed by atoms with Gasteiger partial charge in [-0.3, -0.25) is 39.0 Å². The molecule has 3 aromatic rings. The molecule has 15 heteroatoms. The van der Waals surface area contributed by atoms with E-state index >= 15 is 0 Å². The molecule has 308 valence electrons. The molecule has 6 fully saturated rings. The summed E-state index contributed by atoms with van der Waals surface area (Å²) < 4.78 is 6.26. The Morgan fingerprint density at radius 3 is 2.15 bits per heavy atom. The number of piperidine rings is 2. The van der Waals surface area contributed by atoms with E-state index in [0.29, 0.717) is 48.1 Å².